The van der Waals surface area contributed by atoms with Crippen LogP contribution < -0.4 is 5.19 Å². The molecule has 4 aromatic rings. The van der Waals surface area contributed by atoms with E-state index in [1.54, 1.807) is 0 Å². The largest absolute Gasteiger partial charge is 0.455 e. The molecule has 0 N–H and O–H groups in total. The highest BCUT2D eigenvalue weighted by molar-refractivity contribution is 6.90. The predicted octanol–water partition coefficient (Wildman–Crippen LogP) is 6.49. The highest BCUT2D eigenvalue weighted by Gasteiger charge is 2.24. The van der Waals surface area contributed by atoms with Crippen LogP contribution in [0.4, 0.5) is 0 Å². The number of rotatable bonds is 2. The van der Waals surface area contributed by atoms with Gasteiger partial charge in [0.25, 0.3) is 0 Å². The van der Waals surface area contributed by atoms with Gasteiger partial charge < -0.3 is 4.42 Å². The lowest BCUT2D eigenvalue weighted by Gasteiger charge is -2.20. The lowest BCUT2D eigenvalue weighted by Crippen LogP contribution is -2.37. The molecule has 0 aliphatic carbocycles. The standard InChI is InChI=1S/C24H27NOSi/c1-24(2,3)16-11-13-19(25-15-16)17-12-14-21(27(4,5)6)22-18-9-7-8-10-20(18)26-23(17)22/h7-15H,1-6H3. The molecule has 0 radical (unpaired) electrons. The zero-order valence-corrected chi connectivity index (χ0v) is 18.1. The summed E-state index contributed by atoms with van der Waals surface area (Å²) >= 11 is 0. The Morgan fingerprint density at radius 1 is 0.889 bits per heavy atom. The maximum Gasteiger partial charge on any atom is 0.144 e. The normalized spacial score (nSPS) is 12.8. The van der Waals surface area contributed by atoms with Crippen LogP contribution in [0.1, 0.15) is 26.3 Å². The summed E-state index contributed by atoms with van der Waals surface area (Å²) in [6.07, 6.45) is 2.00. The van der Waals surface area contributed by atoms with Crippen molar-refractivity contribution >= 4 is 35.2 Å². The van der Waals surface area contributed by atoms with Gasteiger partial charge in [0.1, 0.15) is 11.2 Å². The lowest BCUT2D eigenvalue weighted by atomic mass is 9.88. The molecule has 0 spiro atoms. The van der Waals surface area contributed by atoms with Gasteiger partial charge in [-0.25, -0.2) is 0 Å². The Hall–Kier alpha value is -2.39. The number of nitrogens with zero attached hydrogens (tertiary/aromatic N) is 1. The molecule has 2 aromatic carbocycles. The molecule has 4 rings (SSSR count). The first-order valence-electron chi connectivity index (χ1n) is 9.58. The van der Waals surface area contributed by atoms with Crippen LogP contribution in [0.2, 0.25) is 19.6 Å². The van der Waals surface area contributed by atoms with Crippen molar-refractivity contribution in [2.45, 2.75) is 45.8 Å². The number of fused-ring (bicyclic) bond motifs is 3. The van der Waals surface area contributed by atoms with Gasteiger partial charge in [-0.05, 0) is 34.4 Å². The molecule has 0 aliphatic rings. The summed E-state index contributed by atoms with van der Waals surface area (Å²) in [5, 5.41) is 3.92. The molecule has 27 heavy (non-hydrogen) atoms. The van der Waals surface area contributed by atoms with E-state index in [1.807, 2.05) is 12.3 Å². The van der Waals surface area contributed by atoms with Gasteiger partial charge in [0.2, 0.25) is 0 Å². The minimum absolute atomic E-state index is 0.0991. The van der Waals surface area contributed by atoms with Gasteiger partial charge in [-0.1, -0.05) is 70.7 Å². The lowest BCUT2D eigenvalue weighted by molar-refractivity contribution is 0.587. The van der Waals surface area contributed by atoms with E-state index in [2.05, 4.69) is 82.9 Å². The zero-order valence-electron chi connectivity index (χ0n) is 17.1. The summed E-state index contributed by atoms with van der Waals surface area (Å²) in [6, 6.07) is 17.2. The number of aromatic nitrogens is 1. The van der Waals surface area contributed by atoms with Crippen molar-refractivity contribution in [3.05, 3.63) is 60.3 Å². The summed E-state index contributed by atoms with van der Waals surface area (Å²) in [7, 11) is -1.52. The number of pyridine rings is 1. The third-order valence-corrected chi connectivity index (χ3v) is 7.27. The van der Waals surface area contributed by atoms with E-state index in [0.717, 1.165) is 22.4 Å². The fraction of sp³-hybridized carbons (Fsp3) is 0.292. The first-order chi connectivity index (χ1) is 12.7. The predicted molar refractivity (Wildman–Crippen MR) is 119 cm³/mol. The van der Waals surface area contributed by atoms with Crippen molar-refractivity contribution in [3.8, 4) is 11.3 Å². The van der Waals surface area contributed by atoms with Gasteiger partial charge in [-0.3, -0.25) is 4.98 Å². The van der Waals surface area contributed by atoms with Crippen molar-refractivity contribution in [1.29, 1.82) is 0 Å². The molecule has 0 unspecified atom stereocenters. The Morgan fingerprint density at radius 3 is 2.26 bits per heavy atom. The number of furan rings is 1. The van der Waals surface area contributed by atoms with Crippen LogP contribution in [-0.2, 0) is 5.41 Å². The molecule has 2 heterocycles. The second-order valence-electron chi connectivity index (χ2n) is 9.40. The Balaban J connectivity index is 2.00. The number of para-hydroxylation sites is 1. The zero-order chi connectivity index (χ0) is 19.4. The maximum absolute atomic E-state index is 6.35. The number of hydrogen-bond acceptors (Lipinski definition) is 2. The monoisotopic (exact) mass is 373 g/mol. The van der Waals surface area contributed by atoms with E-state index in [4.69, 9.17) is 9.40 Å². The van der Waals surface area contributed by atoms with Crippen LogP contribution in [0.15, 0.2) is 59.1 Å². The van der Waals surface area contributed by atoms with Crippen molar-refractivity contribution in [2.24, 2.45) is 0 Å². The van der Waals surface area contributed by atoms with Gasteiger partial charge in [0.15, 0.2) is 0 Å². The van der Waals surface area contributed by atoms with Gasteiger partial charge in [-0.15, -0.1) is 0 Å². The Kier molecular flexibility index (Phi) is 4.04. The van der Waals surface area contributed by atoms with Crippen LogP contribution >= 0.6 is 0 Å². The van der Waals surface area contributed by atoms with E-state index in [1.165, 1.54) is 21.5 Å². The summed E-state index contributed by atoms with van der Waals surface area (Å²) in [6.45, 7) is 13.8. The summed E-state index contributed by atoms with van der Waals surface area (Å²) in [5.41, 5.74) is 5.29. The summed E-state index contributed by atoms with van der Waals surface area (Å²) < 4.78 is 6.35. The molecule has 3 heteroatoms. The molecule has 0 atom stereocenters. The van der Waals surface area contributed by atoms with Gasteiger partial charge in [-0.2, -0.15) is 0 Å². The molecule has 138 valence electrons. The fourth-order valence-corrected chi connectivity index (χ4v) is 5.23. The van der Waals surface area contributed by atoms with Crippen molar-refractivity contribution in [2.75, 3.05) is 0 Å². The van der Waals surface area contributed by atoms with Crippen molar-refractivity contribution < 1.29 is 4.42 Å². The first kappa shape index (κ1) is 18.0. The van der Waals surface area contributed by atoms with Crippen LogP contribution in [-0.4, -0.2) is 13.1 Å². The highest BCUT2D eigenvalue weighted by atomic mass is 28.3. The molecule has 0 bridgehead atoms. The Labute approximate surface area is 162 Å². The Morgan fingerprint density at radius 2 is 1.63 bits per heavy atom. The maximum atomic E-state index is 6.35. The van der Waals surface area contributed by atoms with Gasteiger partial charge in [0.05, 0.1) is 13.8 Å². The second-order valence-corrected chi connectivity index (χ2v) is 14.4. The first-order valence-corrected chi connectivity index (χ1v) is 13.1. The third-order valence-electron chi connectivity index (χ3n) is 5.24. The molecule has 2 aromatic heterocycles. The summed E-state index contributed by atoms with van der Waals surface area (Å²) in [4.78, 5) is 4.78. The third kappa shape index (κ3) is 3.10. The highest BCUT2D eigenvalue weighted by Crippen LogP contribution is 2.35. The topological polar surface area (TPSA) is 26.0 Å². The van der Waals surface area contributed by atoms with E-state index in [9.17, 15) is 0 Å². The minimum Gasteiger partial charge on any atom is -0.455 e. The molecule has 0 fully saturated rings. The second kappa shape index (κ2) is 6.06. The van der Waals surface area contributed by atoms with Gasteiger partial charge in [0, 0.05) is 22.5 Å². The van der Waals surface area contributed by atoms with Crippen molar-refractivity contribution in [1.82, 2.24) is 4.98 Å². The van der Waals surface area contributed by atoms with Crippen LogP contribution in [0.5, 0.6) is 0 Å². The number of hydrogen-bond donors (Lipinski definition) is 0. The molecule has 0 aliphatic heterocycles. The van der Waals surface area contributed by atoms with E-state index < -0.39 is 8.07 Å². The van der Waals surface area contributed by atoms with E-state index in [0.29, 0.717) is 0 Å². The van der Waals surface area contributed by atoms with Crippen molar-refractivity contribution in [3.63, 3.8) is 0 Å². The fourth-order valence-electron chi connectivity index (χ4n) is 3.65. The smallest absolute Gasteiger partial charge is 0.144 e. The number of benzene rings is 2. The quantitative estimate of drug-likeness (QED) is 0.375. The van der Waals surface area contributed by atoms with Gasteiger partial charge >= 0.3 is 0 Å². The van der Waals surface area contributed by atoms with Crippen LogP contribution in [0.3, 0.4) is 0 Å². The molecule has 2 nitrogen and oxygen atoms in total. The molecule has 0 saturated heterocycles. The van der Waals surface area contributed by atoms with E-state index in [-0.39, 0.29) is 5.41 Å². The molecule has 0 saturated carbocycles. The SMILES string of the molecule is CC(C)(C)c1ccc(-c2ccc([Si](C)(C)C)c3c2oc2ccccc23)nc1. The van der Waals surface area contributed by atoms with Crippen LogP contribution in [0, 0.1) is 0 Å². The molecular weight excluding hydrogens is 346 g/mol. The average Bonchev–Trinajstić information content (AvgIpc) is 2.99. The molecular formula is C24H27NOSi. The molecule has 0 amide bonds. The average molecular weight is 374 g/mol. The Bertz CT molecular complexity index is 1130. The van der Waals surface area contributed by atoms with Crippen LogP contribution in [0.25, 0.3) is 33.2 Å². The minimum atomic E-state index is -1.52. The van der Waals surface area contributed by atoms with E-state index >= 15 is 0 Å². The summed E-state index contributed by atoms with van der Waals surface area (Å²) in [5.74, 6) is 0.